The largest absolute Gasteiger partial charge is 0.501 e. The SMILES string of the molecule is C=CC(=O)OCCC[Si](OCCCCCCCC)(OCCCCCCCC)OCCCCCCCC. The fraction of sp³-hybridized carbons (Fsp3) is 0.900. The molecule has 0 aromatic rings. The molecule has 0 saturated carbocycles. The number of ether oxygens (including phenoxy) is 1. The molecule has 0 aromatic heterocycles. The smallest absolute Gasteiger partial charge is 0.463 e. The quantitative estimate of drug-likeness (QED) is 0.0419. The predicted molar refractivity (Wildman–Crippen MR) is 154 cm³/mol. The van der Waals surface area contributed by atoms with Gasteiger partial charge in [0.25, 0.3) is 0 Å². The number of carbonyl (C=O) groups excluding carboxylic acids is 1. The highest BCUT2D eigenvalue weighted by molar-refractivity contribution is 6.60. The lowest BCUT2D eigenvalue weighted by molar-refractivity contribution is -0.137. The summed E-state index contributed by atoms with van der Waals surface area (Å²) in [5.74, 6) is -0.378. The molecule has 0 amide bonds. The van der Waals surface area contributed by atoms with E-state index in [1.165, 1.54) is 102 Å². The van der Waals surface area contributed by atoms with Crippen LogP contribution < -0.4 is 0 Å². The number of hydrogen-bond donors (Lipinski definition) is 0. The third kappa shape index (κ3) is 22.5. The first-order valence-electron chi connectivity index (χ1n) is 15.3. The molecule has 0 N–H and O–H groups in total. The number of hydrogen-bond acceptors (Lipinski definition) is 5. The fourth-order valence-electron chi connectivity index (χ4n) is 4.19. The van der Waals surface area contributed by atoms with Gasteiger partial charge in [0, 0.05) is 31.9 Å². The van der Waals surface area contributed by atoms with Crippen molar-refractivity contribution in [2.75, 3.05) is 26.4 Å². The van der Waals surface area contributed by atoms with Crippen molar-refractivity contribution in [3.05, 3.63) is 12.7 Å². The van der Waals surface area contributed by atoms with Crippen molar-refractivity contribution in [2.45, 2.75) is 149 Å². The van der Waals surface area contributed by atoms with Crippen LogP contribution in [-0.2, 0) is 22.8 Å². The number of carbonyl (C=O) groups is 1. The second-order valence-electron chi connectivity index (χ2n) is 10.0. The van der Waals surface area contributed by atoms with Crippen LogP contribution in [0.15, 0.2) is 12.7 Å². The maximum absolute atomic E-state index is 11.5. The molecule has 0 atom stereocenters. The molecule has 0 aliphatic rings. The second-order valence-corrected chi connectivity index (χ2v) is 12.7. The van der Waals surface area contributed by atoms with Gasteiger partial charge in [-0.15, -0.1) is 0 Å². The van der Waals surface area contributed by atoms with E-state index in [-0.39, 0.29) is 5.97 Å². The molecule has 0 saturated heterocycles. The highest BCUT2D eigenvalue weighted by Crippen LogP contribution is 2.22. The van der Waals surface area contributed by atoms with Crippen LogP contribution in [0.1, 0.15) is 143 Å². The van der Waals surface area contributed by atoms with Crippen molar-refractivity contribution in [2.24, 2.45) is 0 Å². The van der Waals surface area contributed by atoms with Gasteiger partial charge in [-0.05, 0) is 25.7 Å². The third-order valence-electron chi connectivity index (χ3n) is 6.50. The summed E-state index contributed by atoms with van der Waals surface area (Å²) >= 11 is 0. The van der Waals surface area contributed by atoms with E-state index >= 15 is 0 Å². The lowest BCUT2D eigenvalue weighted by atomic mass is 10.1. The molecule has 0 heterocycles. The molecule has 0 aliphatic carbocycles. The van der Waals surface area contributed by atoms with Gasteiger partial charge in [-0.3, -0.25) is 0 Å². The van der Waals surface area contributed by atoms with E-state index in [2.05, 4.69) is 27.4 Å². The first-order valence-corrected chi connectivity index (χ1v) is 17.3. The molecule has 36 heavy (non-hydrogen) atoms. The van der Waals surface area contributed by atoms with E-state index < -0.39 is 8.80 Å². The summed E-state index contributed by atoms with van der Waals surface area (Å²) in [4.78, 5) is 11.5. The van der Waals surface area contributed by atoms with Gasteiger partial charge >= 0.3 is 14.8 Å². The monoisotopic (exact) mass is 528 g/mol. The molecular weight excluding hydrogens is 468 g/mol. The highest BCUT2D eigenvalue weighted by atomic mass is 28.4. The summed E-state index contributed by atoms with van der Waals surface area (Å²) in [7, 11) is -2.82. The van der Waals surface area contributed by atoms with E-state index in [1.807, 2.05) is 0 Å². The Bertz CT molecular complexity index is 440. The van der Waals surface area contributed by atoms with Crippen LogP contribution in [0.4, 0.5) is 0 Å². The van der Waals surface area contributed by atoms with Crippen LogP contribution in [0.5, 0.6) is 0 Å². The maximum Gasteiger partial charge on any atom is 0.501 e. The van der Waals surface area contributed by atoms with Gasteiger partial charge in [-0.2, -0.15) is 0 Å². The minimum atomic E-state index is -2.82. The number of esters is 1. The van der Waals surface area contributed by atoms with Gasteiger partial charge in [0.2, 0.25) is 0 Å². The van der Waals surface area contributed by atoms with Gasteiger partial charge in [-0.25, -0.2) is 4.79 Å². The van der Waals surface area contributed by atoms with Crippen molar-refractivity contribution < 1.29 is 22.8 Å². The molecule has 0 fully saturated rings. The Balaban J connectivity index is 4.85. The molecular formula is C30H60O5Si. The summed E-state index contributed by atoms with van der Waals surface area (Å²) in [6.07, 6.45) is 24.0. The lowest BCUT2D eigenvalue weighted by Gasteiger charge is -2.30. The van der Waals surface area contributed by atoms with E-state index in [4.69, 9.17) is 18.0 Å². The minimum absolute atomic E-state index is 0.348. The van der Waals surface area contributed by atoms with E-state index in [0.717, 1.165) is 19.3 Å². The van der Waals surface area contributed by atoms with Crippen LogP contribution >= 0.6 is 0 Å². The number of rotatable bonds is 29. The van der Waals surface area contributed by atoms with E-state index in [9.17, 15) is 4.79 Å². The maximum atomic E-state index is 11.5. The topological polar surface area (TPSA) is 54.0 Å². The van der Waals surface area contributed by atoms with Crippen molar-refractivity contribution in [1.82, 2.24) is 0 Å². The first-order chi connectivity index (χ1) is 17.6. The van der Waals surface area contributed by atoms with E-state index in [1.54, 1.807) is 0 Å². The Morgan fingerprint density at radius 3 is 1.28 bits per heavy atom. The van der Waals surface area contributed by atoms with Crippen LogP contribution in [0.2, 0.25) is 6.04 Å². The second kappa shape index (κ2) is 27.3. The van der Waals surface area contributed by atoms with Gasteiger partial charge < -0.3 is 18.0 Å². The Labute approximate surface area is 225 Å². The Morgan fingerprint density at radius 2 is 0.917 bits per heavy atom. The average Bonchev–Trinajstić information content (AvgIpc) is 2.89. The molecule has 0 aromatic carbocycles. The Kier molecular flexibility index (Phi) is 26.8. The third-order valence-corrected chi connectivity index (χ3v) is 9.40. The standard InChI is InChI=1S/C30H60O5Si/c1-5-9-12-15-18-21-26-33-36(29-24-25-32-30(31)8-4,34-27-22-19-16-13-10-6-2)35-28-23-20-17-14-11-7-3/h8H,4-7,9-29H2,1-3H3. The zero-order chi connectivity index (χ0) is 26.6. The molecule has 0 rings (SSSR count). The van der Waals surface area contributed by atoms with Gasteiger partial charge in [0.05, 0.1) is 6.61 Å². The van der Waals surface area contributed by atoms with Crippen molar-refractivity contribution in [3.63, 3.8) is 0 Å². The molecule has 5 nitrogen and oxygen atoms in total. The summed E-state index contributed by atoms with van der Waals surface area (Å²) in [5.41, 5.74) is 0. The normalized spacial score (nSPS) is 11.6. The zero-order valence-corrected chi connectivity index (χ0v) is 25.3. The van der Waals surface area contributed by atoms with Gasteiger partial charge in [0.1, 0.15) is 0 Å². The Hall–Kier alpha value is -0.693. The van der Waals surface area contributed by atoms with Crippen LogP contribution in [0.25, 0.3) is 0 Å². The lowest BCUT2D eigenvalue weighted by Crippen LogP contribution is -2.47. The molecule has 0 unspecified atom stereocenters. The van der Waals surface area contributed by atoms with Crippen molar-refractivity contribution in [1.29, 1.82) is 0 Å². The summed E-state index contributed by atoms with van der Waals surface area (Å²) in [6, 6.07) is 0.693. The summed E-state index contributed by atoms with van der Waals surface area (Å²) in [6.45, 7) is 12.6. The summed E-state index contributed by atoms with van der Waals surface area (Å²) < 4.78 is 24.7. The van der Waals surface area contributed by atoms with Crippen LogP contribution in [-0.4, -0.2) is 41.2 Å². The Morgan fingerprint density at radius 1 is 0.556 bits per heavy atom. The van der Waals surface area contributed by atoms with Crippen LogP contribution in [0.3, 0.4) is 0 Å². The zero-order valence-electron chi connectivity index (χ0n) is 24.3. The average molecular weight is 529 g/mol. The minimum Gasteiger partial charge on any atom is -0.463 e. The highest BCUT2D eigenvalue weighted by Gasteiger charge is 2.40. The van der Waals surface area contributed by atoms with Crippen molar-refractivity contribution in [3.8, 4) is 0 Å². The molecule has 0 aliphatic heterocycles. The van der Waals surface area contributed by atoms with Gasteiger partial charge in [-0.1, -0.05) is 124 Å². The fourth-order valence-corrected chi connectivity index (χ4v) is 6.82. The molecule has 0 radical (unpaired) electrons. The first kappa shape index (κ1) is 35.3. The van der Waals surface area contributed by atoms with E-state index in [0.29, 0.717) is 38.9 Å². The number of unbranched alkanes of at least 4 members (excludes halogenated alkanes) is 15. The van der Waals surface area contributed by atoms with Gasteiger partial charge in [0.15, 0.2) is 0 Å². The summed E-state index contributed by atoms with van der Waals surface area (Å²) in [5, 5.41) is 0. The van der Waals surface area contributed by atoms with Crippen molar-refractivity contribution >= 4 is 14.8 Å². The predicted octanol–water partition coefficient (Wildman–Crippen LogP) is 9.18. The molecule has 0 bridgehead atoms. The molecule has 0 spiro atoms. The molecule has 6 heteroatoms. The van der Waals surface area contributed by atoms with Crippen LogP contribution in [0, 0.1) is 0 Å². The molecule has 214 valence electrons.